The first-order valence-electron chi connectivity index (χ1n) is 7.62. The minimum Gasteiger partial charge on any atom is -0.486 e. The second kappa shape index (κ2) is 6.89. The Hall–Kier alpha value is -2.94. The first kappa shape index (κ1) is 16.9. The van der Waals surface area contributed by atoms with E-state index in [1.807, 2.05) is 0 Å². The second-order valence-electron chi connectivity index (χ2n) is 5.41. The molecule has 4 amide bonds. The standard InChI is InChI=1S/C16H16N2O7/c1-23-5-4-17-14(20)15(21)18(16(17)22)9-11(19)10-2-3-12-13(8-10)25-7-6-24-12/h2-3,8H,4-7,9H2,1H3. The van der Waals surface area contributed by atoms with Gasteiger partial charge in [0.25, 0.3) is 0 Å². The van der Waals surface area contributed by atoms with Gasteiger partial charge in [0, 0.05) is 12.7 Å². The summed E-state index contributed by atoms with van der Waals surface area (Å²) in [7, 11) is 1.41. The van der Waals surface area contributed by atoms with Crippen molar-refractivity contribution in [3.63, 3.8) is 0 Å². The molecule has 25 heavy (non-hydrogen) atoms. The molecule has 0 spiro atoms. The van der Waals surface area contributed by atoms with Gasteiger partial charge in [0.05, 0.1) is 19.7 Å². The number of carbonyl (C=O) groups excluding carboxylic acids is 4. The third kappa shape index (κ3) is 3.18. The molecule has 0 aromatic heterocycles. The number of amides is 4. The third-order valence-electron chi connectivity index (χ3n) is 3.82. The Labute approximate surface area is 143 Å². The molecule has 0 N–H and O–H groups in total. The van der Waals surface area contributed by atoms with Gasteiger partial charge < -0.3 is 14.2 Å². The number of benzene rings is 1. The third-order valence-corrected chi connectivity index (χ3v) is 3.82. The van der Waals surface area contributed by atoms with Crippen LogP contribution in [0.3, 0.4) is 0 Å². The van der Waals surface area contributed by atoms with Crippen LogP contribution in [0.1, 0.15) is 10.4 Å². The number of urea groups is 1. The van der Waals surface area contributed by atoms with Crippen molar-refractivity contribution in [3.05, 3.63) is 23.8 Å². The van der Waals surface area contributed by atoms with Gasteiger partial charge >= 0.3 is 17.8 Å². The Morgan fingerprint density at radius 2 is 1.76 bits per heavy atom. The van der Waals surface area contributed by atoms with Crippen molar-refractivity contribution >= 4 is 23.6 Å². The Morgan fingerprint density at radius 3 is 2.48 bits per heavy atom. The van der Waals surface area contributed by atoms with Gasteiger partial charge in [0.1, 0.15) is 13.2 Å². The molecule has 1 aromatic rings. The maximum atomic E-state index is 12.4. The molecule has 0 saturated carbocycles. The van der Waals surface area contributed by atoms with E-state index in [0.29, 0.717) is 29.6 Å². The van der Waals surface area contributed by atoms with E-state index in [-0.39, 0.29) is 18.7 Å². The van der Waals surface area contributed by atoms with Crippen molar-refractivity contribution < 1.29 is 33.4 Å². The van der Waals surface area contributed by atoms with Gasteiger partial charge in [-0.1, -0.05) is 0 Å². The van der Waals surface area contributed by atoms with Crippen molar-refractivity contribution in [2.45, 2.75) is 0 Å². The predicted molar refractivity (Wildman–Crippen MR) is 82.5 cm³/mol. The molecule has 0 unspecified atom stereocenters. The Morgan fingerprint density at radius 1 is 1.08 bits per heavy atom. The van der Waals surface area contributed by atoms with E-state index in [9.17, 15) is 19.2 Å². The smallest absolute Gasteiger partial charge is 0.334 e. The van der Waals surface area contributed by atoms with E-state index < -0.39 is 30.2 Å². The average Bonchev–Trinajstić information content (AvgIpc) is 2.83. The van der Waals surface area contributed by atoms with Crippen LogP contribution in [0.2, 0.25) is 0 Å². The number of hydrogen-bond donors (Lipinski definition) is 0. The van der Waals surface area contributed by atoms with Crippen LogP contribution in [-0.2, 0) is 14.3 Å². The highest BCUT2D eigenvalue weighted by atomic mass is 16.6. The van der Waals surface area contributed by atoms with E-state index in [1.54, 1.807) is 6.07 Å². The lowest BCUT2D eigenvalue weighted by Crippen LogP contribution is -2.38. The van der Waals surface area contributed by atoms with Gasteiger partial charge in [-0.3, -0.25) is 19.3 Å². The van der Waals surface area contributed by atoms with Crippen LogP contribution in [-0.4, -0.2) is 73.4 Å². The van der Waals surface area contributed by atoms with E-state index in [4.69, 9.17) is 14.2 Å². The highest BCUT2D eigenvalue weighted by molar-refractivity contribution is 6.45. The van der Waals surface area contributed by atoms with E-state index in [2.05, 4.69) is 0 Å². The average molecular weight is 348 g/mol. The van der Waals surface area contributed by atoms with Crippen LogP contribution < -0.4 is 9.47 Å². The van der Waals surface area contributed by atoms with Gasteiger partial charge in [-0.25, -0.2) is 9.69 Å². The number of fused-ring (bicyclic) bond motifs is 1. The molecular formula is C16H16N2O7. The number of carbonyl (C=O) groups is 4. The molecule has 3 rings (SSSR count). The topological polar surface area (TPSA) is 102 Å². The second-order valence-corrected chi connectivity index (χ2v) is 5.41. The van der Waals surface area contributed by atoms with Crippen LogP contribution in [0, 0.1) is 0 Å². The van der Waals surface area contributed by atoms with Crippen LogP contribution in [0.25, 0.3) is 0 Å². The number of Topliss-reactive ketones (excluding diaryl/α,β-unsaturated/α-hetero) is 1. The van der Waals surface area contributed by atoms with Gasteiger partial charge in [-0.2, -0.15) is 0 Å². The molecule has 0 atom stereocenters. The minimum atomic E-state index is -1.02. The Bertz CT molecular complexity index is 746. The van der Waals surface area contributed by atoms with Crippen LogP contribution >= 0.6 is 0 Å². The molecular weight excluding hydrogens is 332 g/mol. The zero-order valence-corrected chi connectivity index (χ0v) is 13.5. The largest absolute Gasteiger partial charge is 0.486 e. The van der Waals surface area contributed by atoms with Crippen molar-refractivity contribution in [2.75, 3.05) is 40.0 Å². The lowest BCUT2D eigenvalue weighted by molar-refractivity contribution is -0.143. The molecule has 1 aromatic carbocycles. The minimum absolute atomic E-state index is 0.0470. The summed E-state index contributed by atoms with van der Waals surface area (Å²) in [6, 6.07) is 3.78. The first-order chi connectivity index (χ1) is 12.0. The molecule has 2 heterocycles. The monoisotopic (exact) mass is 348 g/mol. The van der Waals surface area contributed by atoms with Crippen LogP contribution in [0.4, 0.5) is 4.79 Å². The fourth-order valence-corrected chi connectivity index (χ4v) is 2.52. The molecule has 2 aliphatic rings. The van der Waals surface area contributed by atoms with E-state index in [1.165, 1.54) is 19.2 Å². The number of rotatable bonds is 6. The highest BCUT2D eigenvalue weighted by Gasteiger charge is 2.44. The molecule has 0 bridgehead atoms. The maximum absolute atomic E-state index is 12.4. The SMILES string of the molecule is COCCN1C(=O)C(=O)N(CC(=O)c2ccc3c(c2)OCCO3)C1=O. The number of hydrogen-bond acceptors (Lipinski definition) is 7. The summed E-state index contributed by atoms with van der Waals surface area (Å²) in [4.78, 5) is 49.8. The van der Waals surface area contributed by atoms with Crippen LogP contribution in [0.5, 0.6) is 11.5 Å². The normalized spacial score (nSPS) is 16.6. The van der Waals surface area contributed by atoms with Crippen molar-refractivity contribution in [3.8, 4) is 11.5 Å². The quantitative estimate of drug-likeness (QED) is 0.407. The van der Waals surface area contributed by atoms with Gasteiger partial charge in [0.2, 0.25) is 0 Å². The number of imide groups is 2. The summed E-state index contributed by atoms with van der Waals surface area (Å²) >= 11 is 0. The molecule has 9 heteroatoms. The van der Waals surface area contributed by atoms with Gasteiger partial charge in [0.15, 0.2) is 17.3 Å². The molecule has 2 aliphatic heterocycles. The van der Waals surface area contributed by atoms with Crippen molar-refractivity contribution in [2.24, 2.45) is 0 Å². The van der Waals surface area contributed by atoms with Crippen molar-refractivity contribution in [1.82, 2.24) is 9.80 Å². The van der Waals surface area contributed by atoms with Gasteiger partial charge in [-0.15, -0.1) is 0 Å². The molecule has 0 radical (unpaired) electrons. The molecule has 9 nitrogen and oxygen atoms in total. The zero-order chi connectivity index (χ0) is 18.0. The summed E-state index contributed by atoms with van der Waals surface area (Å²) in [5.41, 5.74) is 0.257. The van der Waals surface area contributed by atoms with E-state index >= 15 is 0 Å². The Balaban J connectivity index is 1.73. The molecule has 1 fully saturated rings. The van der Waals surface area contributed by atoms with E-state index in [0.717, 1.165) is 4.90 Å². The molecule has 0 aliphatic carbocycles. The summed E-state index contributed by atoms with van der Waals surface area (Å²) in [5, 5.41) is 0. The highest BCUT2D eigenvalue weighted by Crippen LogP contribution is 2.31. The molecule has 1 saturated heterocycles. The number of nitrogens with zero attached hydrogens (tertiary/aromatic N) is 2. The van der Waals surface area contributed by atoms with Gasteiger partial charge in [-0.05, 0) is 18.2 Å². The fraction of sp³-hybridized carbons (Fsp3) is 0.375. The summed E-state index contributed by atoms with van der Waals surface area (Å²) < 4.78 is 15.6. The lowest BCUT2D eigenvalue weighted by Gasteiger charge is -2.19. The number of methoxy groups -OCH3 is 1. The summed E-state index contributed by atoms with van der Waals surface area (Å²) in [6.07, 6.45) is 0. The summed E-state index contributed by atoms with van der Waals surface area (Å²) in [6.45, 7) is 0.336. The van der Waals surface area contributed by atoms with Crippen molar-refractivity contribution in [1.29, 1.82) is 0 Å². The maximum Gasteiger partial charge on any atom is 0.334 e. The number of ether oxygens (including phenoxy) is 3. The summed E-state index contributed by atoms with van der Waals surface area (Å²) in [5.74, 6) is -1.52. The van der Waals surface area contributed by atoms with Crippen LogP contribution in [0.15, 0.2) is 18.2 Å². The molecule has 132 valence electrons. The Kier molecular flexibility index (Phi) is 4.66. The first-order valence-corrected chi connectivity index (χ1v) is 7.62. The zero-order valence-electron chi connectivity index (χ0n) is 13.5. The predicted octanol–water partition coefficient (Wildman–Crippen LogP) is 0.0777. The lowest BCUT2D eigenvalue weighted by atomic mass is 10.1. The number of ketones is 1. The fourth-order valence-electron chi connectivity index (χ4n) is 2.52.